The first kappa shape index (κ1) is 14.8. The van der Waals surface area contributed by atoms with Crippen LogP contribution in [0.15, 0.2) is 24.3 Å². The van der Waals surface area contributed by atoms with Crippen LogP contribution in [-0.2, 0) is 12.8 Å². The Morgan fingerprint density at radius 3 is 3.10 bits per heavy atom. The predicted octanol–water partition coefficient (Wildman–Crippen LogP) is 4.73. The quantitative estimate of drug-likeness (QED) is 0.777. The summed E-state index contributed by atoms with van der Waals surface area (Å²) >= 11 is 13.0. The minimum atomic E-state index is 0.538. The van der Waals surface area contributed by atoms with E-state index in [2.05, 4.69) is 22.5 Å². The van der Waals surface area contributed by atoms with Gasteiger partial charge in [-0.05, 0) is 55.6 Å². The van der Waals surface area contributed by atoms with Gasteiger partial charge in [-0.1, -0.05) is 24.6 Å². The summed E-state index contributed by atoms with van der Waals surface area (Å²) in [7, 11) is 0. The molecule has 1 heterocycles. The number of nitrogens with zero attached hydrogens (tertiary/aromatic N) is 1. The molecule has 1 aliphatic rings. The van der Waals surface area contributed by atoms with Crippen LogP contribution >= 0.6 is 35.2 Å². The van der Waals surface area contributed by atoms with Crippen LogP contribution in [0.4, 0.5) is 10.8 Å². The van der Waals surface area contributed by atoms with E-state index >= 15 is 0 Å². The summed E-state index contributed by atoms with van der Waals surface area (Å²) in [5.74, 6) is 0.752. The van der Waals surface area contributed by atoms with Crippen LogP contribution in [0, 0.1) is 5.92 Å². The molecule has 2 aromatic rings. The lowest BCUT2D eigenvalue weighted by atomic mass is 9.93. The van der Waals surface area contributed by atoms with Crippen molar-refractivity contribution in [3.8, 4) is 0 Å². The second-order valence-corrected chi connectivity index (χ2v) is 7.25. The molecule has 0 radical (unpaired) electrons. The summed E-state index contributed by atoms with van der Waals surface area (Å²) in [4.78, 5) is 6.03. The molecule has 3 rings (SSSR count). The zero-order valence-corrected chi connectivity index (χ0v) is 14.0. The predicted molar refractivity (Wildman–Crippen MR) is 94.6 cm³/mol. The van der Waals surface area contributed by atoms with Crippen molar-refractivity contribution < 1.29 is 0 Å². The normalized spacial score (nSPS) is 17.1. The average Bonchev–Trinajstić information content (AvgIpc) is 2.79. The number of aromatic nitrogens is 1. The summed E-state index contributed by atoms with van der Waals surface area (Å²) in [6.45, 7) is 2.29. The lowest BCUT2D eigenvalue weighted by Crippen LogP contribution is -2.18. The van der Waals surface area contributed by atoms with E-state index in [9.17, 15) is 0 Å². The van der Waals surface area contributed by atoms with Crippen LogP contribution in [0.5, 0.6) is 0 Å². The first-order chi connectivity index (χ1) is 10.1. The molecule has 0 saturated carbocycles. The molecule has 0 amide bonds. The lowest BCUT2D eigenvalue weighted by molar-refractivity contribution is 0.502. The van der Waals surface area contributed by atoms with Gasteiger partial charge < -0.3 is 10.6 Å². The molecule has 110 valence electrons. The van der Waals surface area contributed by atoms with Gasteiger partial charge in [0.05, 0.1) is 5.69 Å². The lowest BCUT2D eigenvalue weighted by Gasteiger charge is -2.15. The largest absolute Gasteiger partial charge is 0.332 e. The fourth-order valence-electron chi connectivity index (χ4n) is 2.42. The number of thiazole rings is 1. The molecule has 2 N–H and O–H groups in total. The summed E-state index contributed by atoms with van der Waals surface area (Å²) in [6, 6.07) is 7.48. The van der Waals surface area contributed by atoms with Crippen LogP contribution in [0.3, 0.4) is 0 Å². The molecule has 0 fully saturated rings. The van der Waals surface area contributed by atoms with Crippen molar-refractivity contribution in [3.05, 3.63) is 39.9 Å². The highest BCUT2D eigenvalue weighted by atomic mass is 35.5. The Hall–Kier alpha value is -1.17. The molecular formula is C15H16ClN3S2. The molecular weight excluding hydrogens is 322 g/mol. The zero-order valence-electron chi connectivity index (χ0n) is 11.6. The molecule has 0 saturated heterocycles. The van der Waals surface area contributed by atoms with Gasteiger partial charge in [0.15, 0.2) is 10.2 Å². The Morgan fingerprint density at radius 2 is 2.29 bits per heavy atom. The first-order valence-electron chi connectivity index (χ1n) is 6.92. The number of benzene rings is 1. The maximum atomic E-state index is 5.96. The molecule has 1 unspecified atom stereocenters. The number of rotatable bonds is 2. The van der Waals surface area contributed by atoms with E-state index in [0.717, 1.165) is 29.6 Å². The molecule has 21 heavy (non-hydrogen) atoms. The second kappa shape index (κ2) is 6.30. The van der Waals surface area contributed by atoms with Crippen molar-refractivity contribution >= 4 is 51.1 Å². The number of fused-ring (bicyclic) bond motifs is 1. The van der Waals surface area contributed by atoms with Crippen LogP contribution < -0.4 is 10.6 Å². The van der Waals surface area contributed by atoms with Crippen molar-refractivity contribution in [1.82, 2.24) is 4.98 Å². The van der Waals surface area contributed by atoms with Gasteiger partial charge in [-0.15, -0.1) is 11.3 Å². The molecule has 0 aliphatic heterocycles. The number of hydrogen-bond acceptors (Lipinski definition) is 3. The average molecular weight is 338 g/mol. The molecule has 3 nitrogen and oxygen atoms in total. The molecule has 1 atom stereocenters. The van der Waals surface area contributed by atoms with Gasteiger partial charge in [0, 0.05) is 15.6 Å². The van der Waals surface area contributed by atoms with Gasteiger partial charge in [-0.3, -0.25) is 0 Å². The Labute approximate surface area is 138 Å². The highest BCUT2D eigenvalue weighted by Gasteiger charge is 2.19. The van der Waals surface area contributed by atoms with E-state index in [-0.39, 0.29) is 0 Å². The summed E-state index contributed by atoms with van der Waals surface area (Å²) < 4.78 is 0. The number of aryl methyl sites for hydroxylation is 1. The number of anilines is 2. The third kappa shape index (κ3) is 3.73. The van der Waals surface area contributed by atoms with Gasteiger partial charge >= 0.3 is 0 Å². The van der Waals surface area contributed by atoms with E-state index < -0.39 is 0 Å². The Morgan fingerprint density at radius 1 is 1.43 bits per heavy atom. The topological polar surface area (TPSA) is 37.0 Å². The van der Waals surface area contributed by atoms with E-state index in [4.69, 9.17) is 23.8 Å². The van der Waals surface area contributed by atoms with Crippen LogP contribution in [0.25, 0.3) is 0 Å². The second-order valence-electron chi connectivity index (χ2n) is 5.33. The van der Waals surface area contributed by atoms with Crippen molar-refractivity contribution in [2.24, 2.45) is 5.92 Å². The molecule has 0 spiro atoms. The molecule has 1 aliphatic carbocycles. The van der Waals surface area contributed by atoms with Crippen LogP contribution in [-0.4, -0.2) is 10.1 Å². The Balaban J connectivity index is 1.65. The van der Waals surface area contributed by atoms with Gasteiger partial charge in [-0.2, -0.15) is 0 Å². The smallest absolute Gasteiger partial charge is 0.189 e. The minimum absolute atomic E-state index is 0.538. The summed E-state index contributed by atoms with van der Waals surface area (Å²) in [6.07, 6.45) is 3.42. The SMILES string of the molecule is CC1CCc2nc(NC(=S)Nc3cccc(Cl)c3)sc2C1. The monoisotopic (exact) mass is 337 g/mol. The van der Waals surface area contributed by atoms with E-state index in [0.29, 0.717) is 10.1 Å². The van der Waals surface area contributed by atoms with Crippen molar-refractivity contribution in [2.75, 3.05) is 10.6 Å². The zero-order chi connectivity index (χ0) is 14.8. The molecule has 1 aromatic carbocycles. The van der Waals surface area contributed by atoms with E-state index in [1.54, 1.807) is 11.3 Å². The number of halogens is 1. The van der Waals surface area contributed by atoms with Crippen LogP contribution in [0.2, 0.25) is 5.02 Å². The third-order valence-electron chi connectivity index (χ3n) is 3.49. The van der Waals surface area contributed by atoms with Gasteiger partial charge in [0.2, 0.25) is 0 Å². The summed E-state index contributed by atoms with van der Waals surface area (Å²) in [5.41, 5.74) is 2.10. The van der Waals surface area contributed by atoms with Gasteiger partial charge in [0.1, 0.15) is 0 Å². The van der Waals surface area contributed by atoms with Crippen molar-refractivity contribution in [2.45, 2.75) is 26.2 Å². The van der Waals surface area contributed by atoms with Crippen molar-refractivity contribution in [3.63, 3.8) is 0 Å². The van der Waals surface area contributed by atoms with Crippen LogP contribution in [0.1, 0.15) is 23.9 Å². The highest BCUT2D eigenvalue weighted by molar-refractivity contribution is 7.80. The number of nitrogens with one attached hydrogen (secondary N) is 2. The maximum absolute atomic E-state index is 5.96. The van der Waals surface area contributed by atoms with Gasteiger partial charge in [0.25, 0.3) is 0 Å². The third-order valence-corrected chi connectivity index (χ3v) is 4.96. The minimum Gasteiger partial charge on any atom is -0.332 e. The fourth-order valence-corrected chi connectivity index (χ4v) is 4.06. The first-order valence-corrected chi connectivity index (χ1v) is 8.52. The van der Waals surface area contributed by atoms with Crippen molar-refractivity contribution in [1.29, 1.82) is 0 Å². The number of hydrogen-bond donors (Lipinski definition) is 2. The molecule has 1 aromatic heterocycles. The Kier molecular flexibility index (Phi) is 4.42. The van der Waals surface area contributed by atoms with E-state index in [1.165, 1.54) is 17.0 Å². The number of thiocarbonyl (C=S) groups is 1. The Bertz CT molecular complexity index is 669. The summed E-state index contributed by atoms with van der Waals surface area (Å²) in [5, 5.41) is 8.38. The van der Waals surface area contributed by atoms with E-state index in [1.807, 2.05) is 24.3 Å². The molecule has 6 heteroatoms. The standard InChI is InChI=1S/C15H16ClN3S2/c1-9-5-6-12-13(7-9)21-15(18-12)19-14(20)17-11-4-2-3-10(16)8-11/h2-4,8-9H,5-7H2,1H3,(H2,17,18,19,20). The fraction of sp³-hybridized carbons (Fsp3) is 0.333. The maximum Gasteiger partial charge on any atom is 0.189 e. The van der Waals surface area contributed by atoms with Gasteiger partial charge in [-0.25, -0.2) is 4.98 Å². The highest BCUT2D eigenvalue weighted by Crippen LogP contribution is 2.32. The molecule has 0 bridgehead atoms.